The zero-order valence-corrected chi connectivity index (χ0v) is 22.1. The van der Waals surface area contributed by atoms with Gasteiger partial charge in [0.1, 0.15) is 12.2 Å². The van der Waals surface area contributed by atoms with E-state index >= 15 is 0 Å². The van der Waals surface area contributed by atoms with Gasteiger partial charge in [-0.05, 0) is 56.4 Å². The summed E-state index contributed by atoms with van der Waals surface area (Å²) in [5, 5.41) is 10.5. The number of carbonyl (C=O) groups is 1. The van der Waals surface area contributed by atoms with Gasteiger partial charge in [-0.15, -0.1) is 11.8 Å². The van der Waals surface area contributed by atoms with Crippen LogP contribution in [0.4, 0.5) is 17.6 Å². The van der Waals surface area contributed by atoms with Crippen molar-refractivity contribution in [2.24, 2.45) is 0 Å². The summed E-state index contributed by atoms with van der Waals surface area (Å²) in [6.07, 6.45) is -3.59. The molecular weight excluding hydrogens is 524 g/mol. The minimum absolute atomic E-state index is 0.0911. The number of fused-ring (bicyclic) bond motifs is 1. The number of thioether (sulfide) groups is 1. The lowest BCUT2D eigenvalue weighted by atomic mass is 9.90. The van der Waals surface area contributed by atoms with E-state index in [0.29, 0.717) is 33.6 Å². The molecule has 0 amide bonds. The first-order chi connectivity index (χ1) is 16.8. The second-order valence-electron chi connectivity index (χ2n) is 8.20. The van der Waals surface area contributed by atoms with Gasteiger partial charge in [-0.1, -0.05) is 6.92 Å². The standard InChI is InChI=1S/C23H30F4N2O5S2/c1-5-9-36(31,32)34-21(29-6-2)16(11-28)19(30)15-10-13(3)20-18(14(15)4)17(7-8-35-20)33-12-23(26,27)22(24)25/h10-11,17,22,28-29H,5-9,12H2,1-4H3/b21-16-,28-11?. The minimum atomic E-state index is -4.32. The molecule has 0 bridgehead atoms. The fourth-order valence-electron chi connectivity index (χ4n) is 3.72. The maximum atomic E-state index is 13.5. The van der Waals surface area contributed by atoms with Crippen molar-refractivity contribution in [1.29, 1.82) is 5.41 Å². The number of carbonyl (C=O) groups excluding carboxylic acids is 1. The number of aryl methyl sites for hydroxylation is 1. The lowest BCUT2D eigenvalue weighted by molar-refractivity contribution is -0.177. The van der Waals surface area contributed by atoms with Gasteiger partial charge >= 0.3 is 22.5 Å². The quantitative estimate of drug-likeness (QED) is 0.0866. The summed E-state index contributed by atoms with van der Waals surface area (Å²) in [6.45, 7) is 5.31. The largest absolute Gasteiger partial charge is 0.367 e. The van der Waals surface area contributed by atoms with Crippen LogP contribution in [0.15, 0.2) is 22.4 Å². The van der Waals surface area contributed by atoms with Crippen LogP contribution < -0.4 is 5.32 Å². The number of ether oxygens (including phenoxy) is 1. The predicted molar refractivity (Wildman–Crippen MR) is 130 cm³/mol. The molecule has 202 valence electrons. The maximum absolute atomic E-state index is 13.5. The molecule has 0 spiro atoms. The molecule has 1 unspecified atom stereocenters. The molecule has 1 aliphatic heterocycles. The van der Waals surface area contributed by atoms with Crippen LogP contribution >= 0.6 is 11.8 Å². The Labute approximate surface area is 212 Å². The third-order valence-corrected chi connectivity index (χ3v) is 8.00. The number of hydrogen-bond donors (Lipinski definition) is 2. The van der Waals surface area contributed by atoms with E-state index in [9.17, 15) is 30.8 Å². The second kappa shape index (κ2) is 12.4. The van der Waals surface area contributed by atoms with Gasteiger partial charge < -0.3 is 19.6 Å². The molecule has 0 saturated heterocycles. The zero-order chi connectivity index (χ0) is 27.3. The van der Waals surface area contributed by atoms with E-state index in [4.69, 9.17) is 14.3 Å². The lowest BCUT2D eigenvalue weighted by Gasteiger charge is -2.30. The first-order valence-electron chi connectivity index (χ1n) is 11.3. The highest BCUT2D eigenvalue weighted by atomic mass is 32.2. The predicted octanol–water partition coefficient (Wildman–Crippen LogP) is 5.17. The Morgan fingerprint density at radius 1 is 1.33 bits per heavy atom. The van der Waals surface area contributed by atoms with Crippen LogP contribution in [0.25, 0.3) is 0 Å². The summed E-state index contributed by atoms with van der Waals surface area (Å²) in [5.74, 6) is -5.22. The van der Waals surface area contributed by atoms with Crippen molar-refractivity contribution in [3.8, 4) is 0 Å². The van der Waals surface area contributed by atoms with E-state index in [0.717, 1.165) is 0 Å². The Morgan fingerprint density at radius 3 is 2.56 bits per heavy atom. The van der Waals surface area contributed by atoms with Gasteiger partial charge in [-0.25, -0.2) is 8.78 Å². The van der Waals surface area contributed by atoms with Crippen LogP contribution in [0.3, 0.4) is 0 Å². The van der Waals surface area contributed by atoms with Crippen LogP contribution in [-0.4, -0.2) is 57.4 Å². The molecule has 1 heterocycles. The summed E-state index contributed by atoms with van der Waals surface area (Å²) < 4.78 is 87.2. The molecule has 1 atom stereocenters. The van der Waals surface area contributed by atoms with Gasteiger partial charge in [0, 0.05) is 29.0 Å². The SMILES string of the molecule is CCCS(=O)(=O)O/C(NCC)=C(/C=N)C(=O)c1cc(C)c2c(c1C)C(OCC(F)(F)C(F)F)CCS2. The molecule has 1 aromatic carbocycles. The fourth-order valence-corrected chi connectivity index (χ4v) is 5.96. The summed E-state index contributed by atoms with van der Waals surface area (Å²) >= 11 is 1.44. The van der Waals surface area contributed by atoms with Crippen molar-refractivity contribution in [3.05, 3.63) is 39.8 Å². The summed E-state index contributed by atoms with van der Waals surface area (Å²) in [7, 11) is -4.03. The van der Waals surface area contributed by atoms with E-state index in [1.807, 2.05) is 0 Å². The Morgan fingerprint density at radius 2 is 2.00 bits per heavy atom. The number of Topliss-reactive ketones (excluding diaryl/α,β-unsaturated/α-hetero) is 1. The number of ketones is 1. The number of halogens is 4. The number of alkyl halides is 4. The molecule has 7 nitrogen and oxygen atoms in total. The van der Waals surface area contributed by atoms with E-state index in [1.54, 1.807) is 33.8 Å². The first-order valence-corrected chi connectivity index (χ1v) is 13.9. The summed E-state index contributed by atoms with van der Waals surface area (Å²) in [4.78, 5) is 14.2. The van der Waals surface area contributed by atoms with Gasteiger partial charge in [-0.2, -0.15) is 17.2 Å². The molecule has 13 heteroatoms. The molecule has 36 heavy (non-hydrogen) atoms. The van der Waals surface area contributed by atoms with Gasteiger partial charge in [0.15, 0.2) is 5.78 Å². The topological polar surface area (TPSA) is 106 Å². The molecule has 1 aliphatic rings. The number of rotatable bonds is 13. The minimum Gasteiger partial charge on any atom is -0.367 e. The highest BCUT2D eigenvalue weighted by Gasteiger charge is 2.42. The van der Waals surface area contributed by atoms with Crippen molar-refractivity contribution in [3.63, 3.8) is 0 Å². The van der Waals surface area contributed by atoms with E-state index in [2.05, 4.69) is 5.32 Å². The van der Waals surface area contributed by atoms with E-state index < -0.39 is 41.0 Å². The average Bonchev–Trinajstić information content (AvgIpc) is 2.80. The fraction of sp³-hybridized carbons (Fsp3) is 0.565. The number of benzene rings is 1. The normalized spacial score (nSPS) is 16.9. The molecule has 0 saturated carbocycles. The first kappa shape index (κ1) is 30.1. The third kappa shape index (κ3) is 7.00. The van der Waals surface area contributed by atoms with Gasteiger partial charge in [0.05, 0.1) is 11.9 Å². The Kier molecular flexibility index (Phi) is 10.4. The van der Waals surface area contributed by atoms with Crippen LogP contribution in [0.2, 0.25) is 0 Å². The number of hydrogen-bond acceptors (Lipinski definition) is 8. The number of allylic oxidation sites excluding steroid dienone is 1. The van der Waals surface area contributed by atoms with Crippen molar-refractivity contribution in [1.82, 2.24) is 5.32 Å². The third-order valence-electron chi connectivity index (χ3n) is 5.40. The van der Waals surface area contributed by atoms with Gasteiger partial charge in [0.25, 0.3) is 0 Å². The van der Waals surface area contributed by atoms with Crippen LogP contribution in [0.1, 0.15) is 59.8 Å². The van der Waals surface area contributed by atoms with Gasteiger partial charge in [0.2, 0.25) is 5.88 Å². The lowest BCUT2D eigenvalue weighted by Crippen LogP contribution is -2.33. The molecule has 2 rings (SSSR count). The number of nitrogens with one attached hydrogen (secondary N) is 2. The Balaban J connectivity index is 2.57. The summed E-state index contributed by atoms with van der Waals surface area (Å²) in [6, 6.07) is 1.56. The van der Waals surface area contributed by atoms with Crippen LogP contribution in [0, 0.1) is 19.3 Å². The van der Waals surface area contributed by atoms with E-state index in [1.165, 1.54) is 11.8 Å². The van der Waals surface area contributed by atoms with Crippen molar-refractivity contribution in [2.75, 3.05) is 24.7 Å². The molecule has 0 radical (unpaired) electrons. The zero-order valence-electron chi connectivity index (χ0n) is 20.4. The molecular formula is C23H30F4N2O5S2. The molecule has 1 aromatic rings. The molecule has 0 fully saturated rings. The summed E-state index contributed by atoms with van der Waals surface area (Å²) in [5.41, 5.74) is 1.18. The molecule has 2 N–H and O–H groups in total. The maximum Gasteiger partial charge on any atom is 0.330 e. The Bertz CT molecular complexity index is 1120. The van der Waals surface area contributed by atoms with Crippen molar-refractivity contribution in [2.45, 2.75) is 63.9 Å². The Hall–Kier alpha value is -2.12. The van der Waals surface area contributed by atoms with Crippen LogP contribution in [0.5, 0.6) is 0 Å². The smallest absolute Gasteiger partial charge is 0.330 e. The van der Waals surface area contributed by atoms with E-state index in [-0.39, 0.29) is 42.2 Å². The monoisotopic (exact) mass is 554 g/mol. The molecule has 0 aromatic heterocycles. The van der Waals surface area contributed by atoms with Crippen molar-refractivity contribution >= 4 is 33.9 Å². The van der Waals surface area contributed by atoms with Crippen molar-refractivity contribution < 1.29 is 39.7 Å². The van der Waals surface area contributed by atoms with Gasteiger partial charge in [-0.3, -0.25) is 4.79 Å². The highest BCUT2D eigenvalue weighted by molar-refractivity contribution is 7.99. The average molecular weight is 555 g/mol. The highest BCUT2D eigenvalue weighted by Crippen LogP contribution is 2.44. The second-order valence-corrected chi connectivity index (χ2v) is 11.0. The molecule has 0 aliphatic carbocycles. The van der Waals surface area contributed by atoms with Crippen LogP contribution in [-0.2, 0) is 19.0 Å².